The molecule has 0 saturated carbocycles. The number of nitrogens with zero attached hydrogens (tertiary/aromatic N) is 1. The van der Waals surface area contributed by atoms with E-state index in [4.69, 9.17) is 0 Å². The molecular formula is C8H22ClNS. The van der Waals surface area contributed by atoms with Gasteiger partial charge in [0.25, 0.3) is 0 Å². The van der Waals surface area contributed by atoms with E-state index in [1.54, 1.807) is 0 Å². The summed E-state index contributed by atoms with van der Waals surface area (Å²) >= 11 is 4.05. The molecule has 0 bridgehead atoms. The van der Waals surface area contributed by atoms with Crippen LogP contribution in [0.4, 0.5) is 0 Å². The fraction of sp³-hybridized carbons (Fsp3) is 1.00. The van der Waals surface area contributed by atoms with Crippen molar-refractivity contribution in [2.75, 3.05) is 26.9 Å². The second kappa shape index (κ2) is 16.9. The summed E-state index contributed by atoms with van der Waals surface area (Å²) in [6.45, 7) is 2.20. The molecule has 0 aromatic rings. The maximum absolute atomic E-state index is 4.05. The van der Waals surface area contributed by atoms with E-state index in [-0.39, 0.29) is 12.4 Å². The number of halogens is 1. The predicted octanol–water partition coefficient (Wildman–Crippen LogP) is 2.71. The van der Waals surface area contributed by atoms with E-state index < -0.39 is 0 Å². The van der Waals surface area contributed by atoms with Gasteiger partial charge in [0.05, 0.1) is 0 Å². The van der Waals surface area contributed by atoms with Crippen molar-refractivity contribution in [1.82, 2.24) is 4.90 Å². The molecule has 0 rings (SSSR count). The van der Waals surface area contributed by atoms with Gasteiger partial charge in [0.1, 0.15) is 0 Å². The highest BCUT2D eigenvalue weighted by atomic mass is 35.5. The van der Waals surface area contributed by atoms with Crippen LogP contribution in [0.25, 0.3) is 0 Å². The van der Waals surface area contributed by atoms with Gasteiger partial charge in [-0.1, -0.05) is 19.8 Å². The first-order chi connectivity index (χ1) is 4.65. The van der Waals surface area contributed by atoms with Gasteiger partial charge < -0.3 is 4.90 Å². The van der Waals surface area contributed by atoms with Crippen LogP contribution < -0.4 is 0 Å². The lowest BCUT2D eigenvalue weighted by Crippen LogP contribution is -1.99. The van der Waals surface area contributed by atoms with Crippen LogP contribution in [0.3, 0.4) is 0 Å². The Morgan fingerprint density at radius 3 is 1.55 bits per heavy atom. The third kappa shape index (κ3) is 60.5. The Bertz CT molecular complexity index is 44.6. The van der Waals surface area contributed by atoms with E-state index in [1.165, 1.54) is 19.3 Å². The Balaban J connectivity index is -0.000000114. The van der Waals surface area contributed by atoms with E-state index in [1.807, 2.05) is 26.0 Å². The summed E-state index contributed by atoms with van der Waals surface area (Å²) in [5.41, 5.74) is 0. The SMILES string of the molecule is CCCCCS.CN(C)C.Cl. The molecule has 72 valence electrons. The first-order valence-corrected chi connectivity index (χ1v) is 4.50. The lowest BCUT2D eigenvalue weighted by atomic mass is 10.3. The molecule has 0 aliphatic heterocycles. The molecule has 0 radical (unpaired) electrons. The van der Waals surface area contributed by atoms with Gasteiger partial charge in [-0.3, -0.25) is 0 Å². The minimum atomic E-state index is 0. The summed E-state index contributed by atoms with van der Waals surface area (Å²) in [5.74, 6) is 1.05. The molecule has 0 aromatic carbocycles. The second-order valence-electron chi connectivity index (χ2n) is 2.77. The predicted molar refractivity (Wildman–Crippen MR) is 60.2 cm³/mol. The molecule has 1 nitrogen and oxygen atoms in total. The van der Waals surface area contributed by atoms with Crippen molar-refractivity contribution in [3.63, 3.8) is 0 Å². The van der Waals surface area contributed by atoms with E-state index >= 15 is 0 Å². The minimum Gasteiger partial charge on any atom is -0.312 e. The van der Waals surface area contributed by atoms with Gasteiger partial charge >= 0.3 is 0 Å². The lowest BCUT2D eigenvalue weighted by Gasteiger charge is -1.90. The molecule has 0 unspecified atom stereocenters. The summed E-state index contributed by atoms with van der Waals surface area (Å²) in [4.78, 5) is 2.00. The number of unbranched alkanes of at least 4 members (excludes halogenated alkanes) is 2. The van der Waals surface area contributed by atoms with Crippen LogP contribution in [-0.4, -0.2) is 31.8 Å². The molecule has 0 saturated heterocycles. The van der Waals surface area contributed by atoms with Crippen molar-refractivity contribution in [3.8, 4) is 0 Å². The number of rotatable bonds is 3. The van der Waals surface area contributed by atoms with Crippen LogP contribution in [0.15, 0.2) is 0 Å². The molecule has 0 spiro atoms. The smallest absolute Gasteiger partial charge is 0.00979 e. The first-order valence-electron chi connectivity index (χ1n) is 3.86. The number of hydrogen-bond acceptors (Lipinski definition) is 2. The highest BCUT2D eigenvalue weighted by Gasteiger charge is 1.75. The van der Waals surface area contributed by atoms with Gasteiger partial charge in [-0.15, -0.1) is 12.4 Å². The largest absolute Gasteiger partial charge is 0.312 e. The van der Waals surface area contributed by atoms with Crippen molar-refractivity contribution in [1.29, 1.82) is 0 Å². The summed E-state index contributed by atoms with van der Waals surface area (Å²) in [6, 6.07) is 0. The van der Waals surface area contributed by atoms with E-state index in [0.717, 1.165) is 5.75 Å². The van der Waals surface area contributed by atoms with Gasteiger partial charge in [0.2, 0.25) is 0 Å². The maximum atomic E-state index is 4.05. The van der Waals surface area contributed by atoms with Gasteiger partial charge in [0.15, 0.2) is 0 Å². The average Bonchev–Trinajstić information content (AvgIpc) is 1.82. The summed E-state index contributed by atoms with van der Waals surface area (Å²) in [6.07, 6.45) is 3.92. The summed E-state index contributed by atoms with van der Waals surface area (Å²) in [7, 11) is 6.00. The molecule has 0 amide bonds. The third-order valence-corrected chi connectivity index (χ3v) is 1.08. The van der Waals surface area contributed by atoms with Gasteiger partial charge in [-0.25, -0.2) is 0 Å². The van der Waals surface area contributed by atoms with Gasteiger partial charge in [-0.2, -0.15) is 12.6 Å². The number of thiol groups is 1. The van der Waals surface area contributed by atoms with Crippen LogP contribution in [0, 0.1) is 0 Å². The van der Waals surface area contributed by atoms with Crippen LogP contribution in [0.2, 0.25) is 0 Å². The third-order valence-electron chi connectivity index (χ3n) is 0.762. The van der Waals surface area contributed by atoms with Crippen LogP contribution in [0.1, 0.15) is 26.2 Å². The highest BCUT2D eigenvalue weighted by molar-refractivity contribution is 7.80. The summed E-state index contributed by atoms with van der Waals surface area (Å²) < 4.78 is 0. The fourth-order valence-corrected chi connectivity index (χ4v) is 0.585. The molecule has 0 aliphatic carbocycles. The monoisotopic (exact) mass is 199 g/mol. The lowest BCUT2D eigenvalue weighted by molar-refractivity contribution is 0.505. The average molecular weight is 200 g/mol. The normalized spacial score (nSPS) is 8.18. The molecule has 3 heteroatoms. The Hall–Kier alpha value is 0.600. The van der Waals surface area contributed by atoms with Crippen molar-refractivity contribution >= 4 is 25.0 Å². The molecule has 0 N–H and O–H groups in total. The van der Waals surface area contributed by atoms with Crippen LogP contribution >= 0.6 is 25.0 Å². The van der Waals surface area contributed by atoms with Crippen LogP contribution in [0.5, 0.6) is 0 Å². The van der Waals surface area contributed by atoms with E-state index in [0.29, 0.717) is 0 Å². The molecule has 0 aliphatic rings. The maximum Gasteiger partial charge on any atom is -0.00979 e. The molecule has 11 heavy (non-hydrogen) atoms. The Kier molecular flexibility index (Phi) is 27.1. The zero-order chi connectivity index (χ0) is 8.41. The zero-order valence-electron chi connectivity index (χ0n) is 8.13. The quantitative estimate of drug-likeness (QED) is 0.541. The van der Waals surface area contributed by atoms with Crippen molar-refractivity contribution in [2.24, 2.45) is 0 Å². The molecule has 0 atom stereocenters. The van der Waals surface area contributed by atoms with Gasteiger partial charge in [-0.05, 0) is 33.3 Å². The van der Waals surface area contributed by atoms with Gasteiger partial charge in [0, 0.05) is 0 Å². The number of hydrogen-bond donors (Lipinski definition) is 1. The fourth-order valence-electron chi connectivity index (χ4n) is 0.362. The van der Waals surface area contributed by atoms with E-state index in [9.17, 15) is 0 Å². The van der Waals surface area contributed by atoms with Crippen molar-refractivity contribution < 1.29 is 0 Å². The minimum absolute atomic E-state index is 0. The Morgan fingerprint density at radius 2 is 1.45 bits per heavy atom. The molecule has 0 aromatic heterocycles. The van der Waals surface area contributed by atoms with Crippen molar-refractivity contribution in [2.45, 2.75) is 26.2 Å². The zero-order valence-corrected chi connectivity index (χ0v) is 9.84. The second-order valence-corrected chi connectivity index (χ2v) is 3.22. The topological polar surface area (TPSA) is 3.24 Å². The Labute approximate surface area is 83.4 Å². The molecular weight excluding hydrogens is 178 g/mol. The van der Waals surface area contributed by atoms with Crippen LogP contribution in [-0.2, 0) is 0 Å². The highest BCUT2D eigenvalue weighted by Crippen LogP contribution is 1.93. The first kappa shape index (κ1) is 17.6. The van der Waals surface area contributed by atoms with E-state index in [2.05, 4.69) is 19.6 Å². The standard InChI is InChI=1S/C5H12S.C3H9N.ClH/c1-2-3-4-5-6;1-4(2)3;/h6H,2-5H2,1H3;1-3H3;1H. The molecule has 0 fully saturated rings. The van der Waals surface area contributed by atoms with Crippen molar-refractivity contribution in [3.05, 3.63) is 0 Å². The molecule has 0 heterocycles. The summed E-state index contributed by atoms with van der Waals surface area (Å²) in [5, 5.41) is 0. The Morgan fingerprint density at radius 1 is 1.09 bits per heavy atom.